The Labute approximate surface area is 155 Å². The molecular formula is C21H18N2O2S. The summed E-state index contributed by atoms with van der Waals surface area (Å²) in [6.45, 7) is 1.14. The fourth-order valence-corrected chi connectivity index (χ4v) is 3.61. The Hall–Kier alpha value is -2.92. The largest absolute Gasteiger partial charge is 0.451 e. The molecule has 0 saturated carbocycles. The SMILES string of the molecule is O=C(c1cc2ccccc2o1)N(CCc1cccs1)Cc1cccnc1. The van der Waals surface area contributed by atoms with E-state index in [1.165, 1.54) is 4.88 Å². The fraction of sp³-hybridized carbons (Fsp3) is 0.143. The highest BCUT2D eigenvalue weighted by molar-refractivity contribution is 7.09. The maximum atomic E-state index is 13.1. The molecule has 0 aliphatic carbocycles. The van der Waals surface area contributed by atoms with E-state index in [9.17, 15) is 4.79 Å². The van der Waals surface area contributed by atoms with Crippen LogP contribution in [0.5, 0.6) is 0 Å². The lowest BCUT2D eigenvalue weighted by Gasteiger charge is -2.21. The summed E-state index contributed by atoms with van der Waals surface area (Å²) >= 11 is 1.71. The maximum absolute atomic E-state index is 13.1. The number of amides is 1. The van der Waals surface area contributed by atoms with Gasteiger partial charge in [0.2, 0.25) is 0 Å². The normalized spacial score (nSPS) is 10.9. The third-order valence-electron chi connectivity index (χ3n) is 4.23. The van der Waals surface area contributed by atoms with Gasteiger partial charge in [-0.15, -0.1) is 11.3 Å². The number of nitrogens with zero attached hydrogens (tertiary/aromatic N) is 2. The van der Waals surface area contributed by atoms with Gasteiger partial charge < -0.3 is 9.32 Å². The van der Waals surface area contributed by atoms with Gasteiger partial charge in [0.25, 0.3) is 5.91 Å². The lowest BCUT2D eigenvalue weighted by Crippen LogP contribution is -2.32. The summed E-state index contributed by atoms with van der Waals surface area (Å²) in [4.78, 5) is 20.3. The fourth-order valence-electron chi connectivity index (χ4n) is 2.91. The average Bonchev–Trinajstić information content (AvgIpc) is 3.34. The van der Waals surface area contributed by atoms with Crippen LogP contribution in [0, 0.1) is 0 Å². The van der Waals surface area contributed by atoms with Crippen molar-refractivity contribution >= 4 is 28.2 Å². The molecule has 4 rings (SSSR count). The molecule has 26 heavy (non-hydrogen) atoms. The minimum Gasteiger partial charge on any atom is -0.451 e. The van der Waals surface area contributed by atoms with Crippen LogP contribution in [0.15, 0.2) is 76.8 Å². The summed E-state index contributed by atoms with van der Waals surface area (Å²) in [7, 11) is 0. The molecule has 0 N–H and O–H groups in total. The number of hydrogen-bond donors (Lipinski definition) is 0. The molecule has 0 atom stereocenters. The molecule has 130 valence electrons. The van der Waals surface area contributed by atoms with Crippen molar-refractivity contribution in [3.8, 4) is 0 Å². The van der Waals surface area contributed by atoms with Gasteiger partial charge in [0.1, 0.15) is 5.58 Å². The van der Waals surface area contributed by atoms with E-state index < -0.39 is 0 Å². The highest BCUT2D eigenvalue weighted by Gasteiger charge is 2.20. The number of rotatable bonds is 6. The zero-order chi connectivity index (χ0) is 17.8. The molecule has 0 unspecified atom stereocenters. The van der Waals surface area contributed by atoms with Crippen LogP contribution >= 0.6 is 11.3 Å². The van der Waals surface area contributed by atoms with Crippen LogP contribution in [0.1, 0.15) is 21.0 Å². The highest BCUT2D eigenvalue weighted by atomic mass is 32.1. The van der Waals surface area contributed by atoms with Gasteiger partial charge in [-0.2, -0.15) is 0 Å². The van der Waals surface area contributed by atoms with Crippen LogP contribution in [0.4, 0.5) is 0 Å². The van der Waals surface area contributed by atoms with Gasteiger partial charge in [0.15, 0.2) is 5.76 Å². The number of pyridine rings is 1. The van der Waals surface area contributed by atoms with E-state index in [2.05, 4.69) is 16.4 Å². The second-order valence-corrected chi connectivity index (χ2v) is 7.10. The molecule has 0 fully saturated rings. The number of para-hydroxylation sites is 1. The molecule has 0 spiro atoms. The molecule has 3 heterocycles. The van der Waals surface area contributed by atoms with Crippen molar-refractivity contribution in [3.05, 3.63) is 88.6 Å². The van der Waals surface area contributed by atoms with Crippen LogP contribution in [0.25, 0.3) is 11.0 Å². The Balaban J connectivity index is 1.58. The smallest absolute Gasteiger partial charge is 0.289 e. The third kappa shape index (κ3) is 3.68. The van der Waals surface area contributed by atoms with Crippen molar-refractivity contribution < 1.29 is 9.21 Å². The van der Waals surface area contributed by atoms with Crippen LogP contribution < -0.4 is 0 Å². The number of carbonyl (C=O) groups excluding carboxylic acids is 1. The van der Waals surface area contributed by atoms with Gasteiger partial charge in [-0.25, -0.2) is 0 Å². The number of fused-ring (bicyclic) bond motifs is 1. The molecule has 4 aromatic rings. The monoisotopic (exact) mass is 362 g/mol. The predicted molar refractivity (Wildman–Crippen MR) is 103 cm³/mol. The Morgan fingerprint density at radius 3 is 2.81 bits per heavy atom. The first-order valence-corrected chi connectivity index (χ1v) is 9.37. The molecule has 3 aromatic heterocycles. The first kappa shape index (κ1) is 16.5. The van der Waals surface area contributed by atoms with Gasteiger partial charge in [0.05, 0.1) is 0 Å². The molecule has 0 aliphatic heterocycles. The topological polar surface area (TPSA) is 46.3 Å². The van der Waals surface area contributed by atoms with Crippen LogP contribution in [0.2, 0.25) is 0 Å². The van der Waals surface area contributed by atoms with E-state index in [0.717, 1.165) is 23.0 Å². The van der Waals surface area contributed by atoms with Gasteiger partial charge in [-0.05, 0) is 41.6 Å². The molecule has 1 amide bonds. The summed E-state index contributed by atoms with van der Waals surface area (Å²) in [5.74, 6) is 0.280. The van der Waals surface area contributed by atoms with Crippen LogP contribution in [-0.4, -0.2) is 22.3 Å². The second kappa shape index (κ2) is 7.54. The summed E-state index contributed by atoms with van der Waals surface area (Å²) in [5.41, 5.74) is 1.73. The Kier molecular flexibility index (Phi) is 4.80. The van der Waals surface area contributed by atoms with Crippen molar-refractivity contribution in [2.75, 3.05) is 6.54 Å². The number of aromatic nitrogens is 1. The van der Waals surface area contributed by atoms with Gasteiger partial charge in [0, 0.05) is 35.7 Å². The standard InChI is InChI=1S/C21H18N2O2S/c24-21(20-13-17-6-1-2-8-19(17)25-20)23(11-9-18-7-4-12-26-18)15-16-5-3-10-22-14-16/h1-8,10,12-14H,9,11,15H2. The number of benzene rings is 1. The van der Waals surface area contributed by atoms with E-state index in [4.69, 9.17) is 4.42 Å². The van der Waals surface area contributed by atoms with Crippen LogP contribution in [0.3, 0.4) is 0 Å². The maximum Gasteiger partial charge on any atom is 0.289 e. The molecule has 0 bridgehead atoms. The minimum absolute atomic E-state index is 0.0957. The van der Waals surface area contributed by atoms with Crippen molar-refractivity contribution in [2.24, 2.45) is 0 Å². The molecule has 0 radical (unpaired) electrons. The van der Waals surface area contributed by atoms with E-state index in [1.807, 2.05) is 53.4 Å². The van der Waals surface area contributed by atoms with Crippen molar-refractivity contribution in [1.29, 1.82) is 0 Å². The summed E-state index contributed by atoms with van der Waals surface area (Å²) in [6, 6.07) is 17.5. The van der Waals surface area contributed by atoms with Crippen molar-refractivity contribution in [2.45, 2.75) is 13.0 Å². The summed E-state index contributed by atoms with van der Waals surface area (Å²) < 4.78 is 5.78. The highest BCUT2D eigenvalue weighted by Crippen LogP contribution is 2.21. The second-order valence-electron chi connectivity index (χ2n) is 6.07. The lowest BCUT2D eigenvalue weighted by molar-refractivity contribution is 0.0715. The molecule has 4 nitrogen and oxygen atoms in total. The minimum atomic E-state index is -0.0957. The summed E-state index contributed by atoms with van der Waals surface area (Å²) in [5, 5.41) is 3.00. The molecule has 1 aromatic carbocycles. The Bertz CT molecular complexity index is 960. The number of carbonyl (C=O) groups is 1. The molecular weight excluding hydrogens is 344 g/mol. The average molecular weight is 362 g/mol. The van der Waals surface area contributed by atoms with E-state index in [-0.39, 0.29) is 5.91 Å². The van der Waals surface area contributed by atoms with Crippen LogP contribution in [-0.2, 0) is 13.0 Å². The van der Waals surface area contributed by atoms with Crippen molar-refractivity contribution in [1.82, 2.24) is 9.88 Å². The lowest BCUT2D eigenvalue weighted by atomic mass is 10.2. The van der Waals surface area contributed by atoms with Gasteiger partial charge in [-0.1, -0.05) is 30.3 Å². The number of hydrogen-bond acceptors (Lipinski definition) is 4. The van der Waals surface area contributed by atoms with E-state index in [0.29, 0.717) is 18.8 Å². The Morgan fingerprint density at radius 2 is 2.04 bits per heavy atom. The van der Waals surface area contributed by atoms with E-state index in [1.54, 1.807) is 23.7 Å². The van der Waals surface area contributed by atoms with Crippen molar-refractivity contribution in [3.63, 3.8) is 0 Å². The number of furan rings is 1. The number of thiophene rings is 1. The molecule has 0 saturated heterocycles. The zero-order valence-electron chi connectivity index (χ0n) is 14.2. The first-order valence-electron chi connectivity index (χ1n) is 8.49. The zero-order valence-corrected chi connectivity index (χ0v) is 15.0. The van der Waals surface area contributed by atoms with Gasteiger partial charge in [-0.3, -0.25) is 9.78 Å². The Morgan fingerprint density at radius 1 is 1.12 bits per heavy atom. The van der Waals surface area contributed by atoms with Gasteiger partial charge >= 0.3 is 0 Å². The first-order chi connectivity index (χ1) is 12.8. The molecule has 5 heteroatoms. The summed E-state index contributed by atoms with van der Waals surface area (Å²) in [6.07, 6.45) is 4.36. The van der Waals surface area contributed by atoms with E-state index >= 15 is 0 Å². The molecule has 0 aliphatic rings. The quantitative estimate of drug-likeness (QED) is 0.496. The third-order valence-corrected chi connectivity index (χ3v) is 5.16. The predicted octanol–water partition coefficient (Wildman–Crippen LogP) is 4.77.